The zero-order valence-electron chi connectivity index (χ0n) is 10.00. The molecule has 1 aliphatic rings. The maximum Gasteiger partial charge on any atom is 0.403 e. The number of rotatable bonds is 4. The first-order valence-corrected chi connectivity index (χ1v) is 5.73. The fraction of sp³-hybridized carbons (Fsp3) is 0.909. The number of carbonyl (C=O) groups is 1. The average molecular weight is 253 g/mol. The molecule has 0 aliphatic carbocycles. The summed E-state index contributed by atoms with van der Waals surface area (Å²) in [7, 11) is 0. The van der Waals surface area contributed by atoms with Crippen molar-refractivity contribution in [3.05, 3.63) is 0 Å². The fourth-order valence-electron chi connectivity index (χ4n) is 2.15. The Morgan fingerprint density at radius 3 is 2.41 bits per heavy atom. The third-order valence-electron chi connectivity index (χ3n) is 3.39. The molecule has 0 amide bonds. The average Bonchev–Trinajstić information content (AvgIpc) is 2.59. The van der Waals surface area contributed by atoms with Gasteiger partial charge in [0, 0.05) is 13.1 Å². The summed E-state index contributed by atoms with van der Waals surface area (Å²) in [5, 5.41) is 8.60. The van der Waals surface area contributed by atoms with Gasteiger partial charge in [0.05, 0.1) is 0 Å². The number of halogens is 3. The lowest BCUT2D eigenvalue weighted by molar-refractivity contribution is -0.196. The van der Waals surface area contributed by atoms with E-state index in [-0.39, 0.29) is 0 Å². The van der Waals surface area contributed by atoms with Crippen molar-refractivity contribution in [2.24, 2.45) is 17.8 Å². The molecule has 1 rings (SSSR count). The Kier molecular flexibility index (Phi) is 4.41. The van der Waals surface area contributed by atoms with Gasteiger partial charge in [0.15, 0.2) is 5.92 Å². The van der Waals surface area contributed by atoms with Crippen molar-refractivity contribution >= 4 is 5.97 Å². The van der Waals surface area contributed by atoms with Crippen LogP contribution in [0.2, 0.25) is 0 Å². The molecule has 100 valence electrons. The smallest absolute Gasteiger partial charge is 0.403 e. The minimum absolute atomic E-state index is 0.373. The number of hydrogen-bond donors (Lipinski definition) is 1. The molecule has 0 radical (unpaired) electrons. The molecule has 1 N–H and O–H groups in total. The van der Waals surface area contributed by atoms with Crippen molar-refractivity contribution in [1.29, 1.82) is 0 Å². The minimum Gasteiger partial charge on any atom is -0.481 e. The van der Waals surface area contributed by atoms with Crippen LogP contribution in [-0.4, -0.2) is 41.8 Å². The largest absolute Gasteiger partial charge is 0.481 e. The molecule has 6 heteroatoms. The third-order valence-corrected chi connectivity index (χ3v) is 3.39. The van der Waals surface area contributed by atoms with Crippen LogP contribution in [0.1, 0.15) is 20.3 Å². The zero-order valence-corrected chi connectivity index (χ0v) is 10.00. The normalized spacial score (nSPS) is 24.2. The third kappa shape index (κ3) is 3.87. The van der Waals surface area contributed by atoms with Gasteiger partial charge in [-0.15, -0.1) is 0 Å². The second kappa shape index (κ2) is 5.25. The molecule has 1 heterocycles. The first kappa shape index (κ1) is 14.3. The molecule has 1 aliphatic heterocycles. The van der Waals surface area contributed by atoms with E-state index in [9.17, 15) is 18.0 Å². The van der Waals surface area contributed by atoms with Crippen LogP contribution < -0.4 is 0 Å². The van der Waals surface area contributed by atoms with Crippen LogP contribution in [0.5, 0.6) is 0 Å². The summed E-state index contributed by atoms with van der Waals surface area (Å²) in [5.41, 5.74) is 0. The molecule has 1 saturated heterocycles. The maximum atomic E-state index is 12.5. The summed E-state index contributed by atoms with van der Waals surface area (Å²) < 4.78 is 37.4. The number of hydrogen-bond acceptors (Lipinski definition) is 2. The Labute approximate surface area is 98.6 Å². The van der Waals surface area contributed by atoms with Crippen LogP contribution >= 0.6 is 0 Å². The lowest BCUT2D eigenvalue weighted by Gasteiger charge is -2.23. The Balaban J connectivity index is 2.56. The van der Waals surface area contributed by atoms with E-state index in [0.717, 1.165) is 6.42 Å². The van der Waals surface area contributed by atoms with Crippen LogP contribution in [0.25, 0.3) is 0 Å². The van der Waals surface area contributed by atoms with Crippen molar-refractivity contribution in [2.45, 2.75) is 26.4 Å². The van der Waals surface area contributed by atoms with Gasteiger partial charge in [0.2, 0.25) is 0 Å². The molecule has 2 atom stereocenters. The van der Waals surface area contributed by atoms with Gasteiger partial charge in [-0.3, -0.25) is 4.79 Å². The lowest BCUT2D eigenvalue weighted by Crippen LogP contribution is -2.40. The molecule has 0 aromatic heterocycles. The quantitative estimate of drug-likeness (QED) is 0.835. The van der Waals surface area contributed by atoms with Gasteiger partial charge in [-0.1, -0.05) is 13.8 Å². The monoisotopic (exact) mass is 253 g/mol. The summed E-state index contributed by atoms with van der Waals surface area (Å²) in [6.45, 7) is 4.77. The molecular formula is C11H18F3NO2. The minimum atomic E-state index is -4.66. The highest BCUT2D eigenvalue weighted by Crippen LogP contribution is 2.30. The van der Waals surface area contributed by atoms with Crippen LogP contribution in [0.4, 0.5) is 13.2 Å². The number of nitrogens with zero attached hydrogens (tertiary/aromatic N) is 1. The van der Waals surface area contributed by atoms with Crippen LogP contribution in [0.15, 0.2) is 0 Å². The molecule has 2 unspecified atom stereocenters. The van der Waals surface area contributed by atoms with Crippen molar-refractivity contribution in [1.82, 2.24) is 4.90 Å². The van der Waals surface area contributed by atoms with E-state index in [0.29, 0.717) is 24.9 Å². The molecule has 0 aromatic rings. The first-order valence-electron chi connectivity index (χ1n) is 5.73. The predicted octanol–water partition coefficient (Wildman–Crippen LogP) is 2.23. The zero-order chi connectivity index (χ0) is 13.2. The summed E-state index contributed by atoms with van der Waals surface area (Å²) in [4.78, 5) is 12.2. The number of aliphatic carboxylic acids is 1. The highest BCUT2D eigenvalue weighted by molar-refractivity contribution is 5.71. The van der Waals surface area contributed by atoms with Gasteiger partial charge in [-0.2, -0.15) is 13.2 Å². The summed E-state index contributed by atoms with van der Waals surface area (Å²) in [5.74, 6) is -3.26. The molecule has 0 aromatic carbocycles. The van der Waals surface area contributed by atoms with E-state index >= 15 is 0 Å². The van der Waals surface area contributed by atoms with Crippen molar-refractivity contribution < 1.29 is 23.1 Å². The van der Waals surface area contributed by atoms with E-state index in [1.165, 1.54) is 0 Å². The van der Waals surface area contributed by atoms with Gasteiger partial charge in [0.25, 0.3) is 0 Å². The molecule has 3 nitrogen and oxygen atoms in total. The number of likely N-dealkylation sites (tertiary alicyclic amines) is 1. The second-order valence-electron chi connectivity index (χ2n) is 4.98. The molecule has 0 bridgehead atoms. The Morgan fingerprint density at radius 1 is 1.47 bits per heavy atom. The van der Waals surface area contributed by atoms with E-state index in [2.05, 4.69) is 0 Å². The van der Waals surface area contributed by atoms with Gasteiger partial charge in [0.1, 0.15) is 0 Å². The predicted molar refractivity (Wildman–Crippen MR) is 56.6 cm³/mol. The van der Waals surface area contributed by atoms with Gasteiger partial charge >= 0.3 is 12.1 Å². The Hall–Kier alpha value is -0.780. The molecule has 1 fully saturated rings. The van der Waals surface area contributed by atoms with Crippen LogP contribution in [0, 0.1) is 17.8 Å². The highest BCUT2D eigenvalue weighted by atomic mass is 19.4. The van der Waals surface area contributed by atoms with E-state index in [1.54, 1.807) is 4.90 Å². The number of carboxylic acids is 1. The maximum absolute atomic E-state index is 12.5. The number of alkyl halides is 3. The van der Waals surface area contributed by atoms with E-state index < -0.39 is 24.6 Å². The van der Waals surface area contributed by atoms with Crippen molar-refractivity contribution in [2.75, 3.05) is 19.6 Å². The molecule has 17 heavy (non-hydrogen) atoms. The second-order valence-corrected chi connectivity index (χ2v) is 4.98. The summed E-state index contributed by atoms with van der Waals surface area (Å²) in [6, 6.07) is 0. The SMILES string of the molecule is CC(C)C1CCN(CC(C(=O)O)C(F)(F)F)C1. The molecular weight excluding hydrogens is 235 g/mol. The van der Waals surface area contributed by atoms with Crippen LogP contribution in [0.3, 0.4) is 0 Å². The highest BCUT2D eigenvalue weighted by Gasteiger charge is 2.46. The summed E-state index contributed by atoms with van der Waals surface area (Å²) >= 11 is 0. The fourth-order valence-corrected chi connectivity index (χ4v) is 2.15. The Morgan fingerprint density at radius 2 is 2.06 bits per heavy atom. The standard InChI is InChI=1S/C11H18F3NO2/c1-7(2)8-3-4-15(5-8)6-9(10(16)17)11(12,13)14/h7-9H,3-6H2,1-2H3,(H,16,17). The van der Waals surface area contributed by atoms with Gasteiger partial charge in [-0.25, -0.2) is 0 Å². The topological polar surface area (TPSA) is 40.5 Å². The van der Waals surface area contributed by atoms with E-state index in [4.69, 9.17) is 5.11 Å². The molecule has 0 spiro atoms. The summed E-state index contributed by atoms with van der Waals surface area (Å²) in [6.07, 6.45) is -3.82. The lowest BCUT2D eigenvalue weighted by atomic mass is 9.95. The van der Waals surface area contributed by atoms with Crippen LogP contribution in [-0.2, 0) is 4.79 Å². The van der Waals surface area contributed by atoms with Gasteiger partial charge in [-0.05, 0) is 24.8 Å². The van der Waals surface area contributed by atoms with Crippen molar-refractivity contribution in [3.8, 4) is 0 Å². The van der Waals surface area contributed by atoms with Crippen molar-refractivity contribution in [3.63, 3.8) is 0 Å². The Bertz CT molecular complexity index is 278. The number of carboxylic acid groups (broad SMARTS) is 1. The molecule has 0 saturated carbocycles. The first-order chi connectivity index (χ1) is 7.71. The van der Waals surface area contributed by atoms with E-state index in [1.807, 2.05) is 13.8 Å². The van der Waals surface area contributed by atoms with Gasteiger partial charge < -0.3 is 10.0 Å².